The molecule has 5 rings (SSSR count). The third-order valence-electron chi connectivity index (χ3n) is 10.6. The number of nitrogens with one attached hydrogen (secondary N) is 1. The number of ketones is 1. The molecule has 0 unspecified atom stereocenters. The van der Waals surface area contributed by atoms with Gasteiger partial charge in [-0.25, -0.2) is 4.79 Å². The zero-order valence-corrected chi connectivity index (χ0v) is 23.4. The maximum atomic E-state index is 12.9. The number of carbonyl (C=O) groups excluding carboxylic acids is 4. The number of allylic oxidation sites excluding steroid dienone is 1. The van der Waals surface area contributed by atoms with E-state index in [9.17, 15) is 19.2 Å². The van der Waals surface area contributed by atoms with Gasteiger partial charge in [0.15, 0.2) is 11.8 Å². The molecule has 0 saturated heterocycles. The average Bonchev–Trinajstić information content (AvgIpc) is 3.26. The topological polar surface area (TPSA) is 98.8 Å². The second kappa shape index (κ2) is 10.9. The largest absolute Gasteiger partial charge is 0.467 e. The summed E-state index contributed by atoms with van der Waals surface area (Å²) in [4.78, 5) is 49.9. The Hall–Kier alpha value is -2.96. The van der Waals surface area contributed by atoms with Gasteiger partial charge < -0.3 is 14.8 Å². The molecule has 0 radical (unpaired) electrons. The van der Waals surface area contributed by atoms with Gasteiger partial charge in [-0.2, -0.15) is 0 Å². The van der Waals surface area contributed by atoms with Gasteiger partial charge in [0.25, 0.3) is 0 Å². The van der Waals surface area contributed by atoms with Crippen LogP contribution >= 0.6 is 0 Å². The molecular formula is C32H41NO6. The molecule has 0 bridgehead atoms. The lowest BCUT2D eigenvalue weighted by atomic mass is 9.47. The number of rotatable bonds is 7. The van der Waals surface area contributed by atoms with E-state index in [1.807, 2.05) is 12.1 Å². The predicted octanol–water partition coefficient (Wildman–Crippen LogP) is 5.24. The first-order valence-electron chi connectivity index (χ1n) is 14.5. The molecule has 4 aliphatic rings. The van der Waals surface area contributed by atoms with Crippen LogP contribution < -0.4 is 5.32 Å². The van der Waals surface area contributed by atoms with E-state index in [1.165, 1.54) is 12.7 Å². The van der Waals surface area contributed by atoms with Crippen LogP contribution in [-0.2, 0) is 28.7 Å². The molecular weight excluding hydrogens is 494 g/mol. The van der Waals surface area contributed by atoms with E-state index in [2.05, 4.69) is 19.2 Å². The highest BCUT2D eigenvalue weighted by Gasteiger charge is 2.60. The molecule has 4 aliphatic carbocycles. The molecule has 3 saturated carbocycles. The minimum absolute atomic E-state index is 0.0297. The van der Waals surface area contributed by atoms with Crippen LogP contribution in [0.25, 0.3) is 0 Å². The standard InChI is InChI=1S/C32H41NO6/c1-31-17-15-22(34)19-21(31)9-10-23-24-11-12-26(32(24,2)18-16-25(23)31)39-28(36)14-13-27(35)33-29(30(37)38-3)20-7-5-4-6-8-20/h4-8,19,23-26,29H,9-18H2,1-3H3,(H,33,35)/t23-,24+,25+,26+,29+,31+,32+/m1/s1. The SMILES string of the molecule is COC(=O)[C@@H](NC(=O)CCC(=O)O[C@H]1CC[C@H]2[C@H]3CCC4=CC(=O)CC[C@]4(C)[C@H]3CC[C@]12C)c1ccccc1. The number of fused-ring (bicyclic) bond motifs is 5. The number of amides is 1. The van der Waals surface area contributed by atoms with Crippen molar-refractivity contribution in [3.05, 3.63) is 47.5 Å². The van der Waals surface area contributed by atoms with Crippen molar-refractivity contribution in [3.8, 4) is 0 Å². The van der Waals surface area contributed by atoms with Crippen LogP contribution in [0, 0.1) is 28.6 Å². The van der Waals surface area contributed by atoms with Gasteiger partial charge in [-0.3, -0.25) is 14.4 Å². The number of benzene rings is 1. The molecule has 3 fully saturated rings. The Bertz CT molecular complexity index is 1160. The van der Waals surface area contributed by atoms with Crippen LogP contribution in [0.4, 0.5) is 0 Å². The van der Waals surface area contributed by atoms with Gasteiger partial charge in [0.05, 0.1) is 13.5 Å². The van der Waals surface area contributed by atoms with Crippen molar-refractivity contribution >= 4 is 23.6 Å². The van der Waals surface area contributed by atoms with Crippen LogP contribution in [0.2, 0.25) is 0 Å². The van der Waals surface area contributed by atoms with E-state index in [-0.39, 0.29) is 41.5 Å². The fourth-order valence-corrected chi connectivity index (χ4v) is 8.41. The van der Waals surface area contributed by atoms with E-state index in [4.69, 9.17) is 9.47 Å². The highest BCUT2D eigenvalue weighted by atomic mass is 16.5. The van der Waals surface area contributed by atoms with E-state index in [0.29, 0.717) is 29.7 Å². The third kappa shape index (κ3) is 5.17. The zero-order valence-electron chi connectivity index (χ0n) is 23.4. The third-order valence-corrected chi connectivity index (χ3v) is 10.6. The van der Waals surface area contributed by atoms with Crippen LogP contribution in [0.1, 0.15) is 89.7 Å². The fourth-order valence-electron chi connectivity index (χ4n) is 8.41. The van der Waals surface area contributed by atoms with Gasteiger partial charge in [0.2, 0.25) is 5.91 Å². The highest BCUT2D eigenvalue weighted by molar-refractivity contribution is 5.91. The molecule has 7 heteroatoms. The molecule has 0 aromatic heterocycles. The number of methoxy groups -OCH3 is 1. The van der Waals surface area contributed by atoms with Crippen molar-refractivity contribution in [2.24, 2.45) is 28.6 Å². The van der Waals surface area contributed by atoms with Gasteiger partial charge in [0, 0.05) is 18.3 Å². The first kappa shape index (κ1) is 27.6. The molecule has 1 N–H and O–H groups in total. The predicted molar refractivity (Wildman–Crippen MR) is 145 cm³/mol. The summed E-state index contributed by atoms with van der Waals surface area (Å²) >= 11 is 0. The van der Waals surface area contributed by atoms with Crippen molar-refractivity contribution < 1.29 is 28.7 Å². The van der Waals surface area contributed by atoms with E-state index < -0.39 is 17.9 Å². The summed E-state index contributed by atoms with van der Waals surface area (Å²) < 4.78 is 10.9. The zero-order chi connectivity index (χ0) is 27.8. The van der Waals surface area contributed by atoms with Gasteiger partial charge in [0.1, 0.15) is 6.10 Å². The monoisotopic (exact) mass is 535 g/mol. The average molecular weight is 536 g/mol. The first-order valence-corrected chi connectivity index (χ1v) is 14.5. The molecule has 1 aromatic rings. The summed E-state index contributed by atoms with van der Waals surface area (Å²) in [6.07, 6.45) is 9.50. The fraction of sp³-hybridized carbons (Fsp3) is 0.625. The Morgan fingerprint density at radius 1 is 0.974 bits per heavy atom. The number of hydrogen-bond acceptors (Lipinski definition) is 6. The molecule has 0 heterocycles. The van der Waals surface area contributed by atoms with Crippen molar-refractivity contribution in [1.29, 1.82) is 0 Å². The van der Waals surface area contributed by atoms with Crippen molar-refractivity contribution in [2.75, 3.05) is 7.11 Å². The minimum atomic E-state index is -0.917. The summed E-state index contributed by atoms with van der Waals surface area (Å²) in [5.41, 5.74) is 2.07. The lowest BCUT2D eigenvalue weighted by molar-refractivity contribution is -0.160. The Morgan fingerprint density at radius 2 is 1.74 bits per heavy atom. The lowest BCUT2D eigenvalue weighted by Crippen LogP contribution is -2.51. The molecule has 210 valence electrons. The molecule has 0 spiro atoms. The van der Waals surface area contributed by atoms with E-state index in [0.717, 1.165) is 44.9 Å². The van der Waals surface area contributed by atoms with E-state index in [1.54, 1.807) is 24.3 Å². The van der Waals surface area contributed by atoms with E-state index >= 15 is 0 Å². The maximum absolute atomic E-state index is 12.9. The number of esters is 2. The van der Waals surface area contributed by atoms with Crippen LogP contribution in [0.15, 0.2) is 42.0 Å². The highest BCUT2D eigenvalue weighted by Crippen LogP contribution is 2.65. The smallest absolute Gasteiger partial charge is 0.333 e. The molecule has 39 heavy (non-hydrogen) atoms. The summed E-state index contributed by atoms with van der Waals surface area (Å²) in [5, 5.41) is 2.70. The Labute approximate surface area is 231 Å². The summed E-state index contributed by atoms with van der Waals surface area (Å²) in [5.74, 6) is 0.671. The number of carbonyl (C=O) groups is 4. The Balaban J connectivity index is 1.17. The van der Waals surface area contributed by atoms with Gasteiger partial charge in [-0.15, -0.1) is 0 Å². The Morgan fingerprint density at radius 3 is 2.49 bits per heavy atom. The van der Waals surface area contributed by atoms with Crippen LogP contribution in [-0.4, -0.2) is 36.8 Å². The van der Waals surface area contributed by atoms with Crippen molar-refractivity contribution in [2.45, 2.75) is 90.2 Å². The summed E-state index contributed by atoms with van der Waals surface area (Å²) in [6, 6.07) is 7.99. The number of ether oxygens (including phenoxy) is 2. The quantitative estimate of drug-likeness (QED) is 0.480. The molecule has 7 nitrogen and oxygen atoms in total. The molecule has 1 aromatic carbocycles. The molecule has 7 atom stereocenters. The summed E-state index contributed by atoms with van der Waals surface area (Å²) in [7, 11) is 1.28. The number of hydrogen-bond donors (Lipinski definition) is 1. The molecule has 1 amide bonds. The van der Waals surface area contributed by atoms with Crippen LogP contribution in [0.5, 0.6) is 0 Å². The van der Waals surface area contributed by atoms with Crippen molar-refractivity contribution in [3.63, 3.8) is 0 Å². The Kier molecular flexibility index (Phi) is 7.71. The maximum Gasteiger partial charge on any atom is 0.333 e. The van der Waals surface area contributed by atoms with Crippen LogP contribution in [0.3, 0.4) is 0 Å². The second-order valence-electron chi connectivity index (χ2n) is 12.5. The molecule has 0 aliphatic heterocycles. The second-order valence-corrected chi connectivity index (χ2v) is 12.5. The minimum Gasteiger partial charge on any atom is -0.467 e. The lowest BCUT2D eigenvalue weighted by Gasteiger charge is -2.57. The van der Waals surface area contributed by atoms with Gasteiger partial charge in [-0.05, 0) is 79.8 Å². The van der Waals surface area contributed by atoms with Crippen molar-refractivity contribution in [1.82, 2.24) is 5.32 Å². The summed E-state index contributed by atoms with van der Waals surface area (Å²) in [6.45, 7) is 4.68. The normalized spacial score (nSPS) is 34.0. The van der Waals surface area contributed by atoms with Gasteiger partial charge in [-0.1, -0.05) is 49.8 Å². The first-order chi connectivity index (χ1) is 18.7. The van der Waals surface area contributed by atoms with Gasteiger partial charge >= 0.3 is 11.9 Å².